The molecule has 0 aliphatic carbocycles. The lowest BCUT2D eigenvalue weighted by molar-refractivity contribution is 0.0124. The van der Waals surface area contributed by atoms with Gasteiger partial charge in [-0.2, -0.15) is 0 Å². The number of hydrogen-bond donors (Lipinski definition) is 2. The van der Waals surface area contributed by atoms with Crippen molar-refractivity contribution in [1.82, 2.24) is 5.32 Å². The maximum Gasteiger partial charge on any atom is 0.254 e. The quantitative estimate of drug-likeness (QED) is 0.848. The zero-order valence-electron chi connectivity index (χ0n) is 9.99. The first-order valence-electron chi connectivity index (χ1n) is 5.92. The summed E-state index contributed by atoms with van der Waals surface area (Å²) in [6, 6.07) is 5.80. The Morgan fingerprint density at radius 1 is 1.39 bits per heavy atom. The molecule has 18 heavy (non-hydrogen) atoms. The molecule has 0 aromatic heterocycles. The summed E-state index contributed by atoms with van der Waals surface area (Å²) >= 11 is 0. The lowest BCUT2D eigenvalue weighted by Crippen LogP contribution is -2.54. The number of halogens is 1. The summed E-state index contributed by atoms with van der Waals surface area (Å²) in [5.74, 6) is -1.06. The minimum absolute atomic E-state index is 0.00295. The molecule has 0 bridgehead atoms. The average Bonchev–Trinajstić information content (AvgIpc) is 2.40. The maximum atomic E-state index is 13.5. The number of ether oxygens (including phenoxy) is 1. The highest BCUT2D eigenvalue weighted by atomic mass is 19.1. The molecule has 0 saturated carbocycles. The molecule has 1 saturated heterocycles. The van der Waals surface area contributed by atoms with Crippen LogP contribution in [-0.2, 0) is 4.74 Å². The van der Waals surface area contributed by atoms with Crippen LogP contribution in [0.3, 0.4) is 0 Å². The third-order valence-corrected chi connectivity index (χ3v) is 3.25. The Bertz CT molecular complexity index is 430. The van der Waals surface area contributed by atoms with E-state index in [4.69, 9.17) is 4.74 Å². The molecule has 5 heteroatoms. The number of carbonyl (C=O) groups is 1. The van der Waals surface area contributed by atoms with E-state index in [9.17, 15) is 14.3 Å². The van der Waals surface area contributed by atoms with Crippen molar-refractivity contribution in [2.75, 3.05) is 19.8 Å². The van der Waals surface area contributed by atoms with Gasteiger partial charge < -0.3 is 15.2 Å². The van der Waals surface area contributed by atoms with Gasteiger partial charge in [-0.1, -0.05) is 12.1 Å². The normalized spacial score (nSPS) is 18.3. The Hall–Kier alpha value is -1.46. The summed E-state index contributed by atoms with van der Waals surface area (Å²) in [6.07, 6.45) is 1.06. The van der Waals surface area contributed by atoms with E-state index >= 15 is 0 Å². The van der Waals surface area contributed by atoms with Crippen LogP contribution in [0.4, 0.5) is 4.39 Å². The molecular weight excluding hydrogens is 237 g/mol. The number of amides is 1. The van der Waals surface area contributed by atoms with Crippen molar-refractivity contribution in [3.05, 3.63) is 35.6 Å². The highest BCUT2D eigenvalue weighted by Crippen LogP contribution is 2.21. The third-order valence-electron chi connectivity index (χ3n) is 3.25. The predicted octanol–water partition coefficient (Wildman–Crippen LogP) is 1.10. The van der Waals surface area contributed by atoms with Gasteiger partial charge in [-0.3, -0.25) is 4.79 Å². The first kappa shape index (κ1) is 13.0. The summed E-state index contributed by atoms with van der Waals surface area (Å²) in [6.45, 7) is 0.798. The van der Waals surface area contributed by atoms with Crippen LogP contribution < -0.4 is 5.32 Å². The summed E-state index contributed by atoms with van der Waals surface area (Å²) in [4.78, 5) is 12.0. The number of aliphatic hydroxyl groups excluding tert-OH is 1. The highest BCUT2D eigenvalue weighted by molar-refractivity contribution is 5.94. The highest BCUT2D eigenvalue weighted by Gasteiger charge is 2.34. The first-order valence-corrected chi connectivity index (χ1v) is 5.92. The van der Waals surface area contributed by atoms with Crippen LogP contribution in [0.1, 0.15) is 23.2 Å². The zero-order chi connectivity index (χ0) is 13.0. The van der Waals surface area contributed by atoms with Gasteiger partial charge in [0.1, 0.15) is 5.82 Å². The molecule has 2 rings (SSSR count). The second-order valence-electron chi connectivity index (χ2n) is 4.48. The molecular formula is C13H16FNO3. The van der Waals surface area contributed by atoms with Crippen LogP contribution in [0, 0.1) is 5.82 Å². The Balaban J connectivity index is 2.13. The molecule has 1 aromatic carbocycles. The fourth-order valence-electron chi connectivity index (χ4n) is 2.04. The summed E-state index contributed by atoms with van der Waals surface area (Å²) in [7, 11) is 0. The molecule has 0 atom stereocenters. The molecule has 2 N–H and O–H groups in total. The molecule has 0 spiro atoms. The molecule has 4 nitrogen and oxygen atoms in total. The molecule has 1 aliphatic rings. The van der Waals surface area contributed by atoms with Crippen molar-refractivity contribution >= 4 is 5.91 Å². The lowest BCUT2D eigenvalue weighted by Gasteiger charge is -2.36. The number of carbonyl (C=O) groups excluding carboxylic acids is 1. The summed E-state index contributed by atoms with van der Waals surface area (Å²) in [5, 5.41) is 12.2. The zero-order valence-corrected chi connectivity index (χ0v) is 9.99. The molecule has 0 unspecified atom stereocenters. The van der Waals surface area contributed by atoms with Gasteiger partial charge in [-0.05, 0) is 25.0 Å². The Morgan fingerprint density at radius 2 is 2.06 bits per heavy atom. The number of rotatable bonds is 3. The van der Waals surface area contributed by atoms with E-state index in [1.165, 1.54) is 18.2 Å². The van der Waals surface area contributed by atoms with E-state index in [0.29, 0.717) is 26.1 Å². The topological polar surface area (TPSA) is 58.6 Å². The van der Waals surface area contributed by atoms with Crippen molar-refractivity contribution in [3.63, 3.8) is 0 Å². The lowest BCUT2D eigenvalue weighted by atomic mass is 9.90. The molecule has 98 valence electrons. The van der Waals surface area contributed by atoms with Crippen molar-refractivity contribution in [2.24, 2.45) is 0 Å². The van der Waals surface area contributed by atoms with Crippen molar-refractivity contribution in [1.29, 1.82) is 0 Å². The van der Waals surface area contributed by atoms with E-state index in [1.54, 1.807) is 6.07 Å². The van der Waals surface area contributed by atoms with Gasteiger partial charge in [0.05, 0.1) is 17.7 Å². The van der Waals surface area contributed by atoms with Crippen LogP contribution in [0.5, 0.6) is 0 Å². The van der Waals surface area contributed by atoms with E-state index in [1.807, 2.05) is 0 Å². The number of hydrogen-bond acceptors (Lipinski definition) is 3. The number of aliphatic hydroxyl groups is 1. The van der Waals surface area contributed by atoms with Gasteiger partial charge >= 0.3 is 0 Å². The monoisotopic (exact) mass is 253 g/mol. The largest absolute Gasteiger partial charge is 0.394 e. The molecule has 0 radical (unpaired) electrons. The average molecular weight is 253 g/mol. The second kappa shape index (κ2) is 5.46. The third kappa shape index (κ3) is 2.68. The minimum Gasteiger partial charge on any atom is -0.394 e. The van der Waals surface area contributed by atoms with E-state index in [-0.39, 0.29) is 12.2 Å². The SMILES string of the molecule is O=C(NC1(CO)CCOCC1)c1ccccc1F. The molecule has 1 fully saturated rings. The summed E-state index contributed by atoms with van der Waals surface area (Å²) in [5.41, 5.74) is -0.700. The fraction of sp³-hybridized carbons (Fsp3) is 0.462. The van der Waals surface area contributed by atoms with Crippen molar-refractivity contribution in [2.45, 2.75) is 18.4 Å². The van der Waals surface area contributed by atoms with Crippen LogP contribution in [0.25, 0.3) is 0 Å². The molecule has 1 amide bonds. The van der Waals surface area contributed by atoms with Crippen LogP contribution in [0.2, 0.25) is 0 Å². The van der Waals surface area contributed by atoms with Gasteiger partial charge in [-0.15, -0.1) is 0 Å². The molecule has 1 aliphatic heterocycles. The standard InChI is InChI=1S/C13H16FNO3/c14-11-4-2-1-3-10(11)12(17)15-13(9-16)5-7-18-8-6-13/h1-4,16H,5-9H2,(H,15,17). The Kier molecular flexibility index (Phi) is 3.93. The Morgan fingerprint density at radius 3 is 2.67 bits per heavy atom. The van der Waals surface area contributed by atoms with Gasteiger partial charge in [-0.25, -0.2) is 4.39 Å². The van der Waals surface area contributed by atoms with Gasteiger partial charge in [0.25, 0.3) is 5.91 Å². The minimum atomic E-state index is -0.697. The number of benzene rings is 1. The smallest absolute Gasteiger partial charge is 0.254 e. The second-order valence-corrected chi connectivity index (χ2v) is 4.48. The van der Waals surface area contributed by atoms with Crippen LogP contribution >= 0.6 is 0 Å². The number of nitrogens with one attached hydrogen (secondary N) is 1. The predicted molar refractivity (Wildman–Crippen MR) is 63.7 cm³/mol. The van der Waals surface area contributed by atoms with Crippen LogP contribution in [0.15, 0.2) is 24.3 Å². The van der Waals surface area contributed by atoms with Gasteiger partial charge in [0, 0.05) is 13.2 Å². The Labute approximate surface area is 105 Å². The van der Waals surface area contributed by atoms with Gasteiger partial charge in [0.2, 0.25) is 0 Å². The fourth-order valence-corrected chi connectivity index (χ4v) is 2.04. The van der Waals surface area contributed by atoms with E-state index in [0.717, 1.165) is 0 Å². The first-order chi connectivity index (χ1) is 8.67. The maximum absolute atomic E-state index is 13.5. The molecule has 1 aromatic rings. The van der Waals surface area contributed by atoms with Crippen molar-refractivity contribution in [3.8, 4) is 0 Å². The van der Waals surface area contributed by atoms with Crippen molar-refractivity contribution < 1.29 is 19.0 Å². The van der Waals surface area contributed by atoms with E-state index in [2.05, 4.69) is 5.32 Å². The van der Waals surface area contributed by atoms with Gasteiger partial charge in [0.15, 0.2) is 0 Å². The summed E-state index contributed by atoms with van der Waals surface area (Å²) < 4.78 is 18.7. The van der Waals surface area contributed by atoms with E-state index < -0.39 is 17.3 Å². The van der Waals surface area contributed by atoms with Crippen LogP contribution in [-0.4, -0.2) is 36.4 Å². The molecule has 1 heterocycles.